The van der Waals surface area contributed by atoms with E-state index in [2.05, 4.69) is 4.98 Å². The first-order valence-corrected chi connectivity index (χ1v) is 5.81. The van der Waals surface area contributed by atoms with Crippen molar-refractivity contribution in [3.05, 3.63) is 44.8 Å². The SMILES string of the molecule is CC[C@@]1(CO)C=C[C@H](n2cc(C)c(=O)[nH]c2=O)O1. The lowest BCUT2D eigenvalue weighted by Crippen LogP contribution is -2.37. The first-order chi connectivity index (χ1) is 8.51. The number of ether oxygens (including phenoxy) is 1. The summed E-state index contributed by atoms with van der Waals surface area (Å²) in [5, 5.41) is 9.33. The summed E-state index contributed by atoms with van der Waals surface area (Å²) >= 11 is 0. The van der Waals surface area contributed by atoms with Crippen molar-refractivity contribution in [2.24, 2.45) is 0 Å². The number of nitrogens with zero attached hydrogens (tertiary/aromatic N) is 1. The molecule has 0 saturated carbocycles. The summed E-state index contributed by atoms with van der Waals surface area (Å²) in [6.45, 7) is 3.37. The maximum atomic E-state index is 11.7. The number of aromatic nitrogens is 2. The predicted octanol–water partition coefficient (Wildman–Crippen LogP) is 0.0711. The van der Waals surface area contributed by atoms with Crippen LogP contribution in [0.4, 0.5) is 0 Å². The maximum absolute atomic E-state index is 11.7. The fourth-order valence-electron chi connectivity index (χ4n) is 1.90. The van der Waals surface area contributed by atoms with Gasteiger partial charge in [0.2, 0.25) is 0 Å². The molecule has 2 rings (SSSR count). The largest absolute Gasteiger partial charge is 0.393 e. The van der Waals surface area contributed by atoms with E-state index < -0.39 is 23.1 Å². The highest BCUT2D eigenvalue weighted by Crippen LogP contribution is 2.31. The van der Waals surface area contributed by atoms with Crippen molar-refractivity contribution in [3.63, 3.8) is 0 Å². The van der Waals surface area contributed by atoms with Crippen LogP contribution in [0.15, 0.2) is 27.9 Å². The minimum absolute atomic E-state index is 0.145. The molecule has 0 spiro atoms. The molecule has 1 aromatic heterocycles. The van der Waals surface area contributed by atoms with Gasteiger partial charge in [0.1, 0.15) is 5.60 Å². The van der Waals surface area contributed by atoms with Gasteiger partial charge in [-0.05, 0) is 19.4 Å². The van der Waals surface area contributed by atoms with Crippen LogP contribution in [0.5, 0.6) is 0 Å². The number of hydrogen-bond donors (Lipinski definition) is 2. The Hall–Kier alpha value is -1.66. The van der Waals surface area contributed by atoms with E-state index in [1.165, 1.54) is 10.8 Å². The molecule has 6 heteroatoms. The van der Waals surface area contributed by atoms with E-state index in [1.807, 2.05) is 6.92 Å². The van der Waals surface area contributed by atoms with Gasteiger partial charge in [-0.25, -0.2) is 4.79 Å². The molecule has 0 bridgehead atoms. The van der Waals surface area contributed by atoms with E-state index in [-0.39, 0.29) is 6.61 Å². The minimum Gasteiger partial charge on any atom is -0.393 e. The van der Waals surface area contributed by atoms with Crippen LogP contribution in [0.3, 0.4) is 0 Å². The van der Waals surface area contributed by atoms with Crippen molar-refractivity contribution in [1.82, 2.24) is 9.55 Å². The number of aliphatic hydroxyl groups excluding tert-OH is 1. The number of rotatable bonds is 3. The Morgan fingerprint density at radius 3 is 2.83 bits per heavy atom. The van der Waals surface area contributed by atoms with Crippen LogP contribution in [0.1, 0.15) is 25.1 Å². The third-order valence-corrected chi connectivity index (χ3v) is 3.21. The summed E-state index contributed by atoms with van der Waals surface area (Å²) in [7, 11) is 0. The number of aliphatic hydroxyl groups is 1. The molecule has 0 saturated heterocycles. The second kappa shape index (κ2) is 4.55. The molecule has 2 heterocycles. The second-order valence-electron chi connectivity index (χ2n) is 4.42. The standard InChI is InChI=1S/C12H16N2O4/c1-3-12(7-15)5-4-9(18-12)14-6-8(2)10(16)13-11(14)17/h4-6,9,15H,3,7H2,1-2H3,(H,13,16,17)/t9-,12+/m1/s1. The van der Waals surface area contributed by atoms with Gasteiger partial charge in [-0.3, -0.25) is 14.3 Å². The molecule has 98 valence electrons. The van der Waals surface area contributed by atoms with Crippen LogP contribution in [-0.2, 0) is 4.74 Å². The van der Waals surface area contributed by atoms with Gasteiger partial charge in [0.15, 0.2) is 6.23 Å². The van der Waals surface area contributed by atoms with Crippen molar-refractivity contribution < 1.29 is 9.84 Å². The third kappa shape index (κ3) is 2.04. The summed E-state index contributed by atoms with van der Waals surface area (Å²) < 4.78 is 6.99. The van der Waals surface area contributed by atoms with Gasteiger partial charge < -0.3 is 9.84 Å². The average Bonchev–Trinajstić information content (AvgIpc) is 2.79. The van der Waals surface area contributed by atoms with E-state index >= 15 is 0 Å². The Labute approximate surface area is 104 Å². The second-order valence-corrected chi connectivity index (χ2v) is 4.42. The zero-order chi connectivity index (χ0) is 13.3. The first kappa shape index (κ1) is 12.8. The van der Waals surface area contributed by atoms with Gasteiger partial charge in [-0.2, -0.15) is 0 Å². The van der Waals surface area contributed by atoms with Crippen LogP contribution in [0, 0.1) is 6.92 Å². The Morgan fingerprint density at radius 1 is 1.56 bits per heavy atom. The lowest BCUT2D eigenvalue weighted by Gasteiger charge is -2.25. The van der Waals surface area contributed by atoms with E-state index in [0.717, 1.165) is 0 Å². The molecule has 1 aliphatic heterocycles. The molecular weight excluding hydrogens is 236 g/mol. The topological polar surface area (TPSA) is 84.3 Å². The average molecular weight is 252 g/mol. The molecule has 0 aromatic carbocycles. The van der Waals surface area contributed by atoms with E-state index in [0.29, 0.717) is 12.0 Å². The van der Waals surface area contributed by atoms with Crippen LogP contribution >= 0.6 is 0 Å². The zero-order valence-electron chi connectivity index (χ0n) is 10.3. The highest BCUT2D eigenvalue weighted by molar-refractivity contribution is 5.12. The van der Waals surface area contributed by atoms with E-state index in [1.54, 1.807) is 19.1 Å². The molecule has 6 nitrogen and oxygen atoms in total. The molecule has 2 atom stereocenters. The van der Waals surface area contributed by atoms with Crippen molar-refractivity contribution >= 4 is 0 Å². The number of H-pyrrole nitrogens is 1. The number of aryl methyl sites for hydroxylation is 1. The molecule has 18 heavy (non-hydrogen) atoms. The predicted molar refractivity (Wildman–Crippen MR) is 65.4 cm³/mol. The zero-order valence-corrected chi connectivity index (χ0v) is 10.3. The molecule has 1 aliphatic rings. The van der Waals surface area contributed by atoms with Crippen LogP contribution in [-0.4, -0.2) is 26.9 Å². The molecule has 0 unspecified atom stereocenters. The Kier molecular flexibility index (Phi) is 3.23. The van der Waals surface area contributed by atoms with Crippen molar-refractivity contribution in [2.75, 3.05) is 6.61 Å². The summed E-state index contributed by atoms with van der Waals surface area (Å²) in [5.41, 5.74) is -1.23. The van der Waals surface area contributed by atoms with E-state index in [4.69, 9.17) is 4.74 Å². The summed E-state index contributed by atoms with van der Waals surface area (Å²) in [6, 6.07) is 0. The normalized spacial score (nSPS) is 26.7. The van der Waals surface area contributed by atoms with Crippen molar-refractivity contribution in [1.29, 1.82) is 0 Å². The molecular formula is C12H16N2O4. The van der Waals surface area contributed by atoms with Crippen LogP contribution in [0.2, 0.25) is 0 Å². The molecule has 0 amide bonds. The quantitative estimate of drug-likeness (QED) is 0.746. The monoisotopic (exact) mass is 252 g/mol. The number of hydrogen-bond acceptors (Lipinski definition) is 4. The van der Waals surface area contributed by atoms with Crippen molar-refractivity contribution in [3.8, 4) is 0 Å². The first-order valence-electron chi connectivity index (χ1n) is 5.81. The fourth-order valence-corrected chi connectivity index (χ4v) is 1.90. The summed E-state index contributed by atoms with van der Waals surface area (Å²) in [6.07, 6.45) is 4.93. The Balaban J connectivity index is 2.37. The lowest BCUT2D eigenvalue weighted by molar-refractivity contribution is -0.0857. The van der Waals surface area contributed by atoms with Gasteiger partial charge >= 0.3 is 5.69 Å². The Bertz CT molecular complexity index is 580. The van der Waals surface area contributed by atoms with Gasteiger partial charge in [0.25, 0.3) is 5.56 Å². The van der Waals surface area contributed by atoms with Gasteiger partial charge in [-0.1, -0.05) is 13.0 Å². The van der Waals surface area contributed by atoms with Crippen LogP contribution < -0.4 is 11.2 Å². The highest BCUT2D eigenvalue weighted by Gasteiger charge is 2.34. The molecule has 0 aliphatic carbocycles. The number of aromatic amines is 1. The van der Waals surface area contributed by atoms with Gasteiger partial charge in [-0.15, -0.1) is 0 Å². The van der Waals surface area contributed by atoms with E-state index in [9.17, 15) is 14.7 Å². The van der Waals surface area contributed by atoms with Crippen molar-refractivity contribution in [2.45, 2.75) is 32.1 Å². The maximum Gasteiger partial charge on any atom is 0.330 e. The summed E-state index contributed by atoms with van der Waals surface area (Å²) in [4.78, 5) is 25.2. The van der Waals surface area contributed by atoms with Gasteiger partial charge in [0.05, 0.1) is 6.61 Å². The van der Waals surface area contributed by atoms with Crippen LogP contribution in [0.25, 0.3) is 0 Å². The molecule has 2 N–H and O–H groups in total. The fraction of sp³-hybridized carbons (Fsp3) is 0.500. The lowest BCUT2D eigenvalue weighted by atomic mass is 10.0. The minimum atomic E-state index is -0.742. The van der Waals surface area contributed by atoms with Gasteiger partial charge in [0, 0.05) is 11.8 Å². The molecule has 1 aromatic rings. The Morgan fingerprint density at radius 2 is 2.28 bits per heavy atom. The smallest absolute Gasteiger partial charge is 0.330 e. The third-order valence-electron chi connectivity index (χ3n) is 3.21. The highest BCUT2D eigenvalue weighted by atomic mass is 16.5. The number of nitrogens with one attached hydrogen (secondary N) is 1. The molecule has 0 fully saturated rings. The summed E-state index contributed by atoms with van der Waals surface area (Å²) in [5.74, 6) is 0. The molecule has 0 radical (unpaired) electrons.